The SMILES string of the molecule is CCCCS(=O)(=O)N1CCC(c2cc(C(=O)Nc3ccccc3F)n[nH]2)CC1. The summed E-state index contributed by atoms with van der Waals surface area (Å²) >= 11 is 0. The van der Waals surface area contributed by atoms with Crippen LogP contribution in [-0.2, 0) is 10.0 Å². The number of rotatable bonds is 7. The Kier molecular flexibility index (Phi) is 6.46. The van der Waals surface area contributed by atoms with Gasteiger partial charge in [0.1, 0.15) is 5.82 Å². The van der Waals surface area contributed by atoms with Crippen LogP contribution < -0.4 is 5.32 Å². The minimum atomic E-state index is -3.19. The highest BCUT2D eigenvalue weighted by Gasteiger charge is 2.29. The van der Waals surface area contributed by atoms with Crippen molar-refractivity contribution in [3.8, 4) is 0 Å². The molecule has 2 N–H and O–H groups in total. The van der Waals surface area contributed by atoms with Crippen LogP contribution in [-0.4, -0.2) is 47.7 Å². The zero-order chi connectivity index (χ0) is 20.1. The Morgan fingerprint density at radius 2 is 2.04 bits per heavy atom. The van der Waals surface area contributed by atoms with Gasteiger partial charge in [-0.1, -0.05) is 25.5 Å². The van der Waals surface area contributed by atoms with Crippen LogP contribution in [0.25, 0.3) is 0 Å². The molecule has 0 aliphatic carbocycles. The number of hydrogen-bond acceptors (Lipinski definition) is 4. The van der Waals surface area contributed by atoms with Crippen molar-refractivity contribution in [2.45, 2.75) is 38.5 Å². The van der Waals surface area contributed by atoms with Gasteiger partial charge in [-0.15, -0.1) is 0 Å². The van der Waals surface area contributed by atoms with Crippen molar-refractivity contribution in [3.05, 3.63) is 47.5 Å². The lowest BCUT2D eigenvalue weighted by atomic mass is 9.94. The molecule has 1 amide bonds. The number of aromatic nitrogens is 2. The van der Waals surface area contributed by atoms with Gasteiger partial charge in [0.15, 0.2) is 5.69 Å². The first-order valence-electron chi connectivity index (χ1n) is 9.49. The minimum Gasteiger partial charge on any atom is -0.318 e. The summed E-state index contributed by atoms with van der Waals surface area (Å²) in [5.41, 5.74) is 1.07. The van der Waals surface area contributed by atoms with E-state index in [2.05, 4.69) is 15.5 Å². The van der Waals surface area contributed by atoms with Crippen LogP contribution in [0.5, 0.6) is 0 Å². The first kappa shape index (κ1) is 20.5. The molecular weight excluding hydrogens is 383 g/mol. The van der Waals surface area contributed by atoms with Crippen molar-refractivity contribution in [3.63, 3.8) is 0 Å². The topological polar surface area (TPSA) is 95.2 Å². The number of hydrogen-bond donors (Lipinski definition) is 2. The summed E-state index contributed by atoms with van der Waals surface area (Å²) in [6, 6.07) is 7.59. The average molecular weight is 408 g/mol. The van der Waals surface area contributed by atoms with E-state index in [4.69, 9.17) is 0 Å². The molecule has 2 aromatic rings. The first-order valence-corrected chi connectivity index (χ1v) is 11.1. The van der Waals surface area contributed by atoms with Gasteiger partial charge < -0.3 is 5.32 Å². The monoisotopic (exact) mass is 408 g/mol. The molecule has 0 saturated carbocycles. The molecule has 152 valence electrons. The summed E-state index contributed by atoms with van der Waals surface area (Å²) in [6.45, 7) is 2.90. The van der Waals surface area contributed by atoms with Gasteiger partial charge in [0.05, 0.1) is 11.4 Å². The van der Waals surface area contributed by atoms with Gasteiger partial charge in [-0.05, 0) is 37.5 Å². The number of halogens is 1. The normalized spacial score (nSPS) is 16.2. The smallest absolute Gasteiger partial charge is 0.276 e. The van der Waals surface area contributed by atoms with Crippen LogP contribution in [0.4, 0.5) is 10.1 Å². The number of amides is 1. The molecule has 1 aromatic carbocycles. The highest BCUT2D eigenvalue weighted by atomic mass is 32.2. The summed E-state index contributed by atoms with van der Waals surface area (Å²) < 4.78 is 39.8. The third-order valence-corrected chi connectivity index (χ3v) is 6.95. The lowest BCUT2D eigenvalue weighted by Gasteiger charge is -2.30. The molecule has 3 rings (SSSR count). The van der Waals surface area contributed by atoms with E-state index in [0.717, 1.165) is 12.1 Å². The van der Waals surface area contributed by atoms with E-state index < -0.39 is 21.7 Å². The maximum absolute atomic E-state index is 13.7. The lowest BCUT2D eigenvalue weighted by molar-refractivity contribution is 0.102. The summed E-state index contributed by atoms with van der Waals surface area (Å²) in [5, 5.41) is 9.41. The summed E-state index contributed by atoms with van der Waals surface area (Å²) in [5.74, 6) is -0.700. The number of para-hydroxylation sites is 1. The van der Waals surface area contributed by atoms with E-state index in [0.29, 0.717) is 32.4 Å². The highest BCUT2D eigenvalue weighted by molar-refractivity contribution is 7.89. The molecule has 0 unspecified atom stereocenters. The van der Waals surface area contributed by atoms with Crippen molar-refractivity contribution in [2.24, 2.45) is 0 Å². The minimum absolute atomic E-state index is 0.0997. The van der Waals surface area contributed by atoms with Crippen LogP contribution in [0, 0.1) is 5.82 Å². The first-order chi connectivity index (χ1) is 13.4. The third-order valence-electron chi connectivity index (χ3n) is 5.00. The fourth-order valence-corrected chi connectivity index (χ4v) is 4.99. The van der Waals surface area contributed by atoms with Gasteiger partial charge in [-0.25, -0.2) is 17.1 Å². The molecule has 1 saturated heterocycles. The number of unbranched alkanes of at least 4 members (excludes halogenated alkanes) is 1. The van der Waals surface area contributed by atoms with Gasteiger partial charge in [0.2, 0.25) is 10.0 Å². The number of nitrogens with zero attached hydrogens (tertiary/aromatic N) is 2. The molecule has 0 spiro atoms. The quantitative estimate of drug-likeness (QED) is 0.736. The van der Waals surface area contributed by atoms with E-state index in [-0.39, 0.29) is 23.1 Å². The van der Waals surface area contributed by atoms with E-state index >= 15 is 0 Å². The lowest BCUT2D eigenvalue weighted by Crippen LogP contribution is -2.39. The maximum atomic E-state index is 13.7. The number of nitrogens with one attached hydrogen (secondary N) is 2. The van der Waals surface area contributed by atoms with E-state index in [1.807, 2.05) is 6.92 Å². The molecule has 1 aliphatic rings. The van der Waals surface area contributed by atoms with Crippen LogP contribution in [0.3, 0.4) is 0 Å². The molecule has 2 heterocycles. The Morgan fingerprint density at radius 3 is 2.71 bits per heavy atom. The molecule has 0 atom stereocenters. The number of H-pyrrole nitrogens is 1. The zero-order valence-corrected chi connectivity index (χ0v) is 16.6. The van der Waals surface area contributed by atoms with Crippen molar-refractivity contribution < 1.29 is 17.6 Å². The number of carbonyl (C=O) groups is 1. The van der Waals surface area contributed by atoms with Gasteiger partial charge in [-0.2, -0.15) is 5.10 Å². The van der Waals surface area contributed by atoms with Crippen molar-refractivity contribution in [1.29, 1.82) is 0 Å². The van der Waals surface area contributed by atoms with Crippen molar-refractivity contribution in [1.82, 2.24) is 14.5 Å². The third kappa shape index (κ3) is 4.77. The Balaban J connectivity index is 1.59. The Bertz CT molecular complexity index is 921. The molecule has 1 aliphatic heterocycles. The van der Waals surface area contributed by atoms with Crippen LogP contribution in [0.15, 0.2) is 30.3 Å². The molecule has 0 bridgehead atoms. The summed E-state index contributed by atoms with van der Waals surface area (Å²) in [6.07, 6.45) is 2.86. The fraction of sp³-hybridized carbons (Fsp3) is 0.474. The number of piperidine rings is 1. The number of sulfonamides is 1. The molecule has 28 heavy (non-hydrogen) atoms. The molecule has 0 radical (unpaired) electrons. The predicted molar refractivity (Wildman–Crippen MR) is 105 cm³/mol. The largest absolute Gasteiger partial charge is 0.318 e. The van der Waals surface area contributed by atoms with Crippen LogP contribution >= 0.6 is 0 Å². The second kappa shape index (κ2) is 8.83. The molecule has 7 nitrogen and oxygen atoms in total. The molecule has 1 aromatic heterocycles. The highest BCUT2D eigenvalue weighted by Crippen LogP contribution is 2.28. The van der Waals surface area contributed by atoms with Crippen molar-refractivity contribution >= 4 is 21.6 Å². The van der Waals surface area contributed by atoms with E-state index in [1.165, 1.54) is 12.1 Å². The van der Waals surface area contributed by atoms with E-state index in [9.17, 15) is 17.6 Å². The van der Waals surface area contributed by atoms with Crippen LogP contribution in [0.1, 0.15) is 54.7 Å². The van der Waals surface area contributed by atoms with Gasteiger partial charge in [0.25, 0.3) is 5.91 Å². The second-order valence-electron chi connectivity index (χ2n) is 6.99. The average Bonchev–Trinajstić information content (AvgIpc) is 3.19. The molecule has 9 heteroatoms. The number of benzene rings is 1. The Hall–Kier alpha value is -2.26. The van der Waals surface area contributed by atoms with Gasteiger partial charge in [-0.3, -0.25) is 9.89 Å². The fourth-order valence-electron chi connectivity index (χ4n) is 3.31. The van der Waals surface area contributed by atoms with Crippen LogP contribution in [0.2, 0.25) is 0 Å². The second-order valence-corrected chi connectivity index (χ2v) is 9.07. The summed E-state index contributed by atoms with van der Waals surface area (Å²) in [4.78, 5) is 12.3. The number of aromatic amines is 1. The number of anilines is 1. The number of carbonyl (C=O) groups excluding carboxylic acids is 1. The molecule has 1 fully saturated rings. The van der Waals surface area contributed by atoms with Gasteiger partial charge in [0, 0.05) is 24.7 Å². The predicted octanol–water partition coefficient (Wildman–Crippen LogP) is 3.11. The van der Waals surface area contributed by atoms with Gasteiger partial charge >= 0.3 is 0 Å². The Morgan fingerprint density at radius 1 is 1.32 bits per heavy atom. The maximum Gasteiger partial charge on any atom is 0.276 e. The van der Waals surface area contributed by atoms with Crippen molar-refractivity contribution in [2.75, 3.05) is 24.2 Å². The Labute approximate surface area is 164 Å². The van der Waals surface area contributed by atoms with E-state index in [1.54, 1.807) is 22.5 Å². The zero-order valence-electron chi connectivity index (χ0n) is 15.8. The summed E-state index contributed by atoms with van der Waals surface area (Å²) in [7, 11) is -3.19. The molecular formula is C19H25FN4O3S. The standard InChI is InChI=1S/C19H25FN4O3S/c1-2-3-12-28(26,27)24-10-8-14(9-11-24)17-13-18(23-22-17)19(25)21-16-7-5-4-6-15(16)20/h4-7,13-14H,2-3,8-12H2,1H3,(H,21,25)(H,22,23).